The Morgan fingerprint density at radius 3 is 2.64 bits per heavy atom. The zero-order valence-corrected chi connectivity index (χ0v) is 15.5. The maximum atomic E-state index is 12.1. The fraction of sp³-hybridized carbons (Fsp3) is 0.200. The van der Waals surface area contributed by atoms with Crippen LogP contribution in [0, 0.1) is 6.92 Å². The molecule has 0 bridgehead atoms. The molecule has 0 saturated carbocycles. The van der Waals surface area contributed by atoms with Crippen LogP contribution in [0.25, 0.3) is 0 Å². The molecule has 3 rings (SSSR count). The first kappa shape index (κ1) is 19.1. The molecule has 8 nitrogen and oxygen atoms in total. The largest absolute Gasteiger partial charge is 0.369 e. The summed E-state index contributed by atoms with van der Waals surface area (Å²) in [6.07, 6.45) is -0.0528. The van der Waals surface area contributed by atoms with Crippen molar-refractivity contribution in [3.63, 3.8) is 0 Å². The summed E-state index contributed by atoms with van der Waals surface area (Å²) in [7, 11) is 0. The second-order valence-corrected chi connectivity index (χ2v) is 6.36. The maximum Gasteiger partial charge on any atom is 0.252 e. The van der Waals surface area contributed by atoms with Crippen molar-refractivity contribution in [1.82, 2.24) is 10.6 Å². The van der Waals surface area contributed by atoms with E-state index in [1.165, 1.54) is 0 Å². The van der Waals surface area contributed by atoms with Crippen LogP contribution in [0.1, 0.15) is 17.5 Å². The third-order valence-corrected chi connectivity index (χ3v) is 4.16. The Kier molecular flexibility index (Phi) is 6.01. The molecule has 1 aliphatic rings. The monoisotopic (exact) mass is 378 g/mol. The van der Waals surface area contributed by atoms with Gasteiger partial charge in [-0.3, -0.25) is 14.9 Å². The van der Waals surface area contributed by atoms with Crippen LogP contribution < -0.4 is 21.7 Å². The zero-order chi connectivity index (χ0) is 19.9. The van der Waals surface area contributed by atoms with Crippen molar-refractivity contribution in [1.29, 1.82) is 0 Å². The average Bonchev–Trinajstić information content (AvgIpc) is 3.01. The fourth-order valence-electron chi connectivity index (χ4n) is 2.66. The number of anilines is 1. The molecule has 1 aliphatic heterocycles. The van der Waals surface area contributed by atoms with Gasteiger partial charge >= 0.3 is 0 Å². The molecule has 1 heterocycles. The maximum absolute atomic E-state index is 12.1. The number of hydrogen-bond acceptors (Lipinski definition) is 4. The van der Waals surface area contributed by atoms with Crippen molar-refractivity contribution < 1.29 is 9.59 Å². The number of nitrogens with one attached hydrogen (secondary N) is 3. The van der Waals surface area contributed by atoms with E-state index in [-0.39, 0.29) is 30.2 Å². The second-order valence-electron chi connectivity index (χ2n) is 6.36. The minimum absolute atomic E-state index is 0.0528. The van der Waals surface area contributed by atoms with Gasteiger partial charge in [0.2, 0.25) is 17.8 Å². The summed E-state index contributed by atoms with van der Waals surface area (Å²) in [5.74, 6) is -0.451. The highest BCUT2D eigenvalue weighted by Gasteiger charge is 2.28. The Bertz CT molecular complexity index is 923. The molecule has 0 aliphatic carbocycles. The first-order valence-corrected chi connectivity index (χ1v) is 8.87. The van der Waals surface area contributed by atoms with Crippen LogP contribution >= 0.6 is 0 Å². The van der Waals surface area contributed by atoms with E-state index in [4.69, 9.17) is 5.73 Å². The summed E-state index contributed by atoms with van der Waals surface area (Å²) in [6.45, 7) is 2.34. The van der Waals surface area contributed by atoms with Crippen LogP contribution in [-0.2, 0) is 16.1 Å². The van der Waals surface area contributed by atoms with E-state index in [0.717, 1.165) is 16.8 Å². The molecular weight excluding hydrogens is 356 g/mol. The number of benzene rings is 2. The van der Waals surface area contributed by atoms with Crippen molar-refractivity contribution in [2.24, 2.45) is 15.7 Å². The van der Waals surface area contributed by atoms with Crippen molar-refractivity contribution >= 4 is 29.4 Å². The number of rotatable bonds is 5. The molecule has 28 heavy (non-hydrogen) atoms. The molecule has 2 aromatic rings. The first-order valence-electron chi connectivity index (χ1n) is 8.87. The van der Waals surface area contributed by atoms with Crippen LogP contribution in [-0.4, -0.2) is 29.8 Å². The molecule has 8 heteroatoms. The van der Waals surface area contributed by atoms with E-state index in [1.807, 2.05) is 61.5 Å². The summed E-state index contributed by atoms with van der Waals surface area (Å²) in [5.41, 5.74) is 8.68. The summed E-state index contributed by atoms with van der Waals surface area (Å²) >= 11 is 0. The number of carbonyl (C=O) groups excluding carboxylic acids is 2. The van der Waals surface area contributed by atoms with Crippen LogP contribution in [0.3, 0.4) is 0 Å². The predicted octanol–water partition coefficient (Wildman–Crippen LogP) is 1.28. The summed E-state index contributed by atoms with van der Waals surface area (Å²) in [5, 5.41) is 8.28. The van der Waals surface area contributed by atoms with E-state index in [9.17, 15) is 9.59 Å². The highest BCUT2D eigenvalue weighted by atomic mass is 16.2. The topological polar surface area (TPSA) is 121 Å². The zero-order valence-electron chi connectivity index (χ0n) is 15.5. The lowest BCUT2D eigenvalue weighted by Crippen LogP contribution is -2.33. The Morgan fingerprint density at radius 1 is 1.18 bits per heavy atom. The van der Waals surface area contributed by atoms with Gasteiger partial charge in [0.25, 0.3) is 5.91 Å². The van der Waals surface area contributed by atoms with Crippen molar-refractivity contribution in [2.75, 3.05) is 5.32 Å². The van der Waals surface area contributed by atoms with E-state index >= 15 is 0 Å². The van der Waals surface area contributed by atoms with E-state index in [2.05, 4.69) is 25.9 Å². The third kappa shape index (κ3) is 5.16. The number of nitrogens with two attached hydrogens (primary N) is 1. The van der Waals surface area contributed by atoms with Crippen molar-refractivity contribution in [3.8, 4) is 0 Å². The first-order chi connectivity index (χ1) is 13.5. The SMILES string of the molecule is Cc1ccccc1N/C(N)=N/C1=NC(CC(=O)NCc2ccccc2)C(=O)N1. The second kappa shape index (κ2) is 8.81. The normalized spacial score (nSPS) is 16.3. The molecule has 0 saturated heterocycles. The van der Waals surface area contributed by atoms with Gasteiger partial charge in [-0.1, -0.05) is 48.5 Å². The molecule has 2 aromatic carbocycles. The number of aliphatic imine (C=N–C) groups is 2. The van der Waals surface area contributed by atoms with E-state index in [0.29, 0.717) is 6.54 Å². The lowest BCUT2D eigenvalue weighted by molar-refractivity contribution is -0.126. The number of aryl methyl sites for hydroxylation is 1. The Balaban J connectivity index is 1.56. The number of hydrogen-bond donors (Lipinski definition) is 4. The minimum atomic E-state index is -0.819. The summed E-state index contributed by atoms with van der Waals surface area (Å²) in [4.78, 5) is 32.4. The van der Waals surface area contributed by atoms with Crippen LogP contribution in [0.5, 0.6) is 0 Å². The van der Waals surface area contributed by atoms with Crippen LogP contribution in [0.4, 0.5) is 5.69 Å². The number of para-hydroxylation sites is 1. The molecule has 0 fully saturated rings. The van der Waals surface area contributed by atoms with Gasteiger partial charge in [-0.05, 0) is 24.1 Å². The highest BCUT2D eigenvalue weighted by Crippen LogP contribution is 2.13. The Hall–Kier alpha value is -3.68. The molecule has 0 radical (unpaired) electrons. The molecule has 144 valence electrons. The van der Waals surface area contributed by atoms with Crippen LogP contribution in [0.2, 0.25) is 0 Å². The average molecular weight is 378 g/mol. The minimum Gasteiger partial charge on any atom is -0.369 e. The quantitative estimate of drug-likeness (QED) is 0.463. The molecular formula is C20H22N6O2. The van der Waals surface area contributed by atoms with E-state index < -0.39 is 6.04 Å². The van der Waals surface area contributed by atoms with Gasteiger partial charge in [0, 0.05) is 12.2 Å². The molecule has 2 amide bonds. The summed E-state index contributed by atoms with van der Waals surface area (Å²) < 4.78 is 0. The lowest BCUT2D eigenvalue weighted by Gasteiger charge is -2.07. The van der Waals surface area contributed by atoms with Gasteiger partial charge in [-0.15, -0.1) is 0 Å². The van der Waals surface area contributed by atoms with Gasteiger partial charge in [0.15, 0.2) is 0 Å². The number of amides is 2. The van der Waals surface area contributed by atoms with Gasteiger partial charge in [-0.25, -0.2) is 4.99 Å². The molecule has 0 aromatic heterocycles. The Labute approximate surface area is 163 Å². The van der Waals surface area contributed by atoms with Crippen molar-refractivity contribution in [2.45, 2.75) is 25.9 Å². The van der Waals surface area contributed by atoms with Crippen LogP contribution in [0.15, 0.2) is 64.6 Å². The highest BCUT2D eigenvalue weighted by molar-refractivity contribution is 6.11. The fourth-order valence-corrected chi connectivity index (χ4v) is 2.66. The van der Waals surface area contributed by atoms with Gasteiger partial charge < -0.3 is 16.4 Å². The number of carbonyl (C=O) groups is 2. The Morgan fingerprint density at radius 2 is 1.89 bits per heavy atom. The summed E-state index contributed by atoms with van der Waals surface area (Å²) in [6, 6.07) is 16.3. The molecule has 1 atom stereocenters. The molecule has 0 spiro atoms. The lowest BCUT2D eigenvalue weighted by atomic mass is 10.2. The van der Waals surface area contributed by atoms with Crippen molar-refractivity contribution in [3.05, 3.63) is 65.7 Å². The van der Waals surface area contributed by atoms with Gasteiger partial charge in [0.1, 0.15) is 6.04 Å². The van der Waals surface area contributed by atoms with E-state index in [1.54, 1.807) is 0 Å². The third-order valence-electron chi connectivity index (χ3n) is 4.16. The van der Waals surface area contributed by atoms with Gasteiger partial charge in [-0.2, -0.15) is 4.99 Å². The molecule has 5 N–H and O–H groups in total. The standard InChI is InChI=1S/C20H22N6O2/c1-13-7-5-6-10-15(13)23-19(21)26-20-24-16(18(28)25-20)11-17(27)22-12-14-8-3-2-4-9-14/h2-10,16H,11-12H2,1H3,(H,22,27)(H4,21,23,24,25,26,28). The smallest absolute Gasteiger partial charge is 0.252 e. The number of guanidine groups is 2. The molecule has 1 unspecified atom stereocenters. The predicted molar refractivity (Wildman–Crippen MR) is 109 cm³/mol. The number of nitrogens with zero attached hydrogens (tertiary/aromatic N) is 2. The van der Waals surface area contributed by atoms with Gasteiger partial charge in [0.05, 0.1) is 6.42 Å².